The summed E-state index contributed by atoms with van der Waals surface area (Å²) >= 11 is 0. The Hall–Kier alpha value is -1.32. The zero-order valence-corrected chi connectivity index (χ0v) is 25.5. The number of aliphatic carboxylic acids is 1. The molecule has 0 saturated heterocycles. The van der Waals surface area contributed by atoms with Crippen LogP contribution in [-0.4, -0.2) is 23.1 Å². The second-order valence-corrected chi connectivity index (χ2v) is 11.3. The van der Waals surface area contributed by atoms with Gasteiger partial charge in [0.25, 0.3) is 0 Å². The summed E-state index contributed by atoms with van der Waals surface area (Å²) < 4.78 is 5.95. The Labute approximate surface area is 236 Å². The van der Waals surface area contributed by atoms with E-state index in [0.717, 1.165) is 64.2 Å². The minimum atomic E-state index is -0.701. The first-order valence-electron chi connectivity index (χ1n) is 16.7. The van der Waals surface area contributed by atoms with Crippen molar-refractivity contribution < 1.29 is 19.4 Å². The van der Waals surface area contributed by atoms with E-state index in [0.29, 0.717) is 6.42 Å². The molecule has 0 aliphatic heterocycles. The lowest BCUT2D eigenvalue weighted by Crippen LogP contribution is -2.18. The smallest absolute Gasteiger partial charge is 0.306 e. The maximum absolute atomic E-state index is 12.5. The Balaban J connectivity index is 4.06. The van der Waals surface area contributed by atoms with E-state index in [1.54, 1.807) is 0 Å². The average molecular weight is 537 g/mol. The summed E-state index contributed by atoms with van der Waals surface area (Å²) in [5.41, 5.74) is 0. The maximum Gasteiger partial charge on any atom is 0.306 e. The molecule has 1 N–H and O–H groups in total. The monoisotopic (exact) mass is 536 g/mol. The van der Waals surface area contributed by atoms with Gasteiger partial charge in [-0.1, -0.05) is 129 Å². The maximum atomic E-state index is 12.5. The van der Waals surface area contributed by atoms with Gasteiger partial charge in [-0.05, 0) is 57.8 Å². The summed E-state index contributed by atoms with van der Waals surface area (Å²) in [7, 11) is 0. The van der Waals surface area contributed by atoms with Crippen LogP contribution in [0.2, 0.25) is 0 Å². The molecule has 0 aromatic heterocycles. The number of rotatable bonds is 30. The predicted molar refractivity (Wildman–Crippen MR) is 163 cm³/mol. The quantitative estimate of drug-likeness (QED) is 0.0563. The predicted octanol–water partition coefficient (Wildman–Crippen LogP) is 11.1. The van der Waals surface area contributed by atoms with Crippen LogP contribution in [0.5, 0.6) is 0 Å². The Morgan fingerprint density at radius 3 is 1.50 bits per heavy atom. The molecule has 0 aromatic carbocycles. The molecule has 0 rings (SSSR count). The van der Waals surface area contributed by atoms with Crippen LogP contribution >= 0.6 is 0 Å². The Morgan fingerprint density at radius 2 is 0.974 bits per heavy atom. The summed E-state index contributed by atoms with van der Waals surface area (Å²) in [6.45, 7) is 4.50. The molecule has 0 amide bonds. The normalized spacial score (nSPS) is 12.3. The van der Waals surface area contributed by atoms with E-state index in [-0.39, 0.29) is 18.5 Å². The van der Waals surface area contributed by atoms with Crippen molar-refractivity contribution in [1.29, 1.82) is 0 Å². The number of carboxylic acids is 1. The second kappa shape index (κ2) is 30.2. The lowest BCUT2D eigenvalue weighted by molar-refractivity contribution is -0.150. The van der Waals surface area contributed by atoms with Crippen LogP contribution in [0.15, 0.2) is 12.2 Å². The molecule has 1 unspecified atom stereocenters. The van der Waals surface area contributed by atoms with Gasteiger partial charge in [-0.3, -0.25) is 9.59 Å². The van der Waals surface area contributed by atoms with Gasteiger partial charge in [0.15, 0.2) is 0 Å². The Kier molecular flexibility index (Phi) is 29.2. The van der Waals surface area contributed by atoms with E-state index < -0.39 is 5.97 Å². The lowest BCUT2D eigenvalue weighted by atomic mass is 10.0. The fraction of sp³-hybridized carbons (Fsp3) is 0.882. The molecule has 0 aliphatic rings. The summed E-state index contributed by atoms with van der Waals surface area (Å²) in [5, 5.41) is 8.77. The molecule has 1 atom stereocenters. The van der Waals surface area contributed by atoms with Gasteiger partial charge >= 0.3 is 11.9 Å². The number of esters is 1. The van der Waals surface area contributed by atoms with Crippen molar-refractivity contribution in [2.75, 3.05) is 0 Å². The molecule has 224 valence electrons. The third kappa shape index (κ3) is 29.2. The number of carbonyl (C=O) groups excluding carboxylic acids is 1. The van der Waals surface area contributed by atoms with E-state index >= 15 is 0 Å². The fourth-order valence-corrected chi connectivity index (χ4v) is 4.99. The molecule has 0 aromatic rings. The standard InChI is InChI=1S/C34H64O4/c1-3-5-7-9-11-13-14-16-18-23-27-31-34(37)38-32(29-25-21-19-22-26-30-33(35)36)28-24-20-17-15-12-10-8-6-4-2/h9,11,32H,3-8,10,12-31H2,1-2H3,(H,35,36)/b11-9-. The number of unbranched alkanes of at least 4 members (excludes halogenated alkanes) is 19. The van der Waals surface area contributed by atoms with Crippen molar-refractivity contribution in [1.82, 2.24) is 0 Å². The van der Waals surface area contributed by atoms with Gasteiger partial charge in [0.05, 0.1) is 0 Å². The van der Waals surface area contributed by atoms with Crippen molar-refractivity contribution in [3.8, 4) is 0 Å². The molecular weight excluding hydrogens is 472 g/mol. The third-order valence-corrected chi connectivity index (χ3v) is 7.49. The minimum absolute atomic E-state index is 0.00811. The number of ether oxygens (including phenoxy) is 1. The summed E-state index contributed by atoms with van der Waals surface area (Å²) in [4.78, 5) is 23.2. The van der Waals surface area contributed by atoms with Crippen LogP contribution in [0.25, 0.3) is 0 Å². The average Bonchev–Trinajstić information content (AvgIpc) is 2.89. The van der Waals surface area contributed by atoms with Crippen LogP contribution in [0.3, 0.4) is 0 Å². The molecule has 0 saturated carbocycles. The number of carboxylic acid groups (broad SMARTS) is 1. The van der Waals surface area contributed by atoms with E-state index in [2.05, 4.69) is 26.0 Å². The Morgan fingerprint density at radius 1 is 0.553 bits per heavy atom. The van der Waals surface area contributed by atoms with E-state index in [4.69, 9.17) is 9.84 Å². The summed E-state index contributed by atoms with van der Waals surface area (Å²) in [6, 6.07) is 0. The van der Waals surface area contributed by atoms with Crippen molar-refractivity contribution in [3.05, 3.63) is 12.2 Å². The van der Waals surface area contributed by atoms with E-state index in [9.17, 15) is 9.59 Å². The third-order valence-electron chi connectivity index (χ3n) is 7.49. The SMILES string of the molecule is CCCC/C=C\CCCCCCCC(=O)OC(CCCCCCCCCCC)CCCCCCCC(=O)O. The molecule has 0 aliphatic carbocycles. The van der Waals surface area contributed by atoms with Crippen molar-refractivity contribution >= 4 is 11.9 Å². The molecule has 0 radical (unpaired) electrons. The zero-order valence-electron chi connectivity index (χ0n) is 25.5. The van der Waals surface area contributed by atoms with Crippen LogP contribution in [0, 0.1) is 0 Å². The number of carbonyl (C=O) groups is 2. The molecule has 4 heteroatoms. The first-order valence-corrected chi connectivity index (χ1v) is 16.7. The van der Waals surface area contributed by atoms with Gasteiger partial charge < -0.3 is 9.84 Å². The van der Waals surface area contributed by atoms with E-state index in [1.165, 1.54) is 96.3 Å². The van der Waals surface area contributed by atoms with Gasteiger partial charge in [-0.2, -0.15) is 0 Å². The molecule has 0 spiro atoms. The Bertz CT molecular complexity index is 543. The number of hydrogen-bond donors (Lipinski definition) is 1. The van der Waals surface area contributed by atoms with Gasteiger partial charge in [-0.15, -0.1) is 0 Å². The van der Waals surface area contributed by atoms with Gasteiger partial charge in [0.2, 0.25) is 0 Å². The van der Waals surface area contributed by atoms with Crippen molar-refractivity contribution in [2.24, 2.45) is 0 Å². The highest BCUT2D eigenvalue weighted by Crippen LogP contribution is 2.18. The van der Waals surface area contributed by atoms with Crippen molar-refractivity contribution in [3.63, 3.8) is 0 Å². The molecule has 0 fully saturated rings. The van der Waals surface area contributed by atoms with E-state index in [1.807, 2.05) is 0 Å². The van der Waals surface area contributed by atoms with Crippen LogP contribution in [-0.2, 0) is 14.3 Å². The molecule has 0 heterocycles. The highest BCUT2D eigenvalue weighted by atomic mass is 16.5. The summed E-state index contributed by atoms with van der Waals surface area (Å²) in [6.07, 6.45) is 35.0. The first kappa shape index (κ1) is 36.7. The highest BCUT2D eigenvalue weighted by Gasteiger charge is 2.14. The molecule has 0 bridgehead atoms. The largest absolute Gasteiger partial charge is 0.481 e. The van der Waals surface area contributed by atoms with Crippen LogP contribution < -0.4 is 0 Å². The molecule has 38 heavy (non-hydrogen) atoms. The number of hydrogen-bond acceptors (Lipinski definition) is 3. The zero-order chi connectivity index (χ0) is 27.9. The minimum Gasteiger partial charge on any atom is -0.481 e. The van der Waals surface area contributed by atoms with Gasteiger partial charge in [0, 0.05) is 12.8 Å². The topological polar surface area (TPSA) is 63.6 Å². The highest BCUT2D eigenvalue weighted by molar-refractivity contribution is 5.69. The van der Waals surface area contributed by atoms with Gasteiger partial charge in [-0.25, -0.2) is 0 Å². The lowest BCUT2D eigenvalue weighted by Gasteiger charge is -2.18. The van der Waals surface area contributed by atoms with Crippen LogP contribution in [0.4, 0.5) is 0 Å². The van der Waals surface area contributed by atoms with Crippen molar-refractivity contribution in [2.45, 2.75) is 193 Å². The van der Waals surface area contributed by atoms with Crippen LogP contribution in [0.1, 0.15) is 187 Å². The molecule has 4 nitrogen and oxygen atoms in total. The first-order chi connectivity index (χ1) is 18.6. The fourth-order valence-electron chi connectivity index (χ4n) is 4.99. The number of allylic oxidation sites excluding steroid dienone is 2. The second-order valence-electron chi connectivity index (χ2n) is 11.3. The van der Waals surface area contributed by atoms with Gasteiger partial charge in [0.1, 0.15) is 6.10 Å². The molecular formula is C34H64O4. The summed E-state index contributed by atoms with van der Waals surface area (Å²) in [5.74, 6) is -0.709.